The number of hydrogen-bond acceptors (Lipinski definition) is 8. The molecule has 0 fully saturated rings. The van der Waals surface area contributed by atoms with E-state index in [-0.39, 0.29) is 18.6 Å². The first-order valence-corrected chi connectivity index (χ1v) is 12.6. The van der Waals surface area contributed by atoms with Gasteiger partial charge in [0.05, 0.1) is 26.0 Å². The average molecular weight is 577 g/mol. The van der Waals surface area contributed by atoms with Crippen LogP contribution in [-0.2, 0) is 4.79 Å². The van der Waals surface area contributed by atoms with Gasteiger partial charge >= 0.3 is 0 Å². The first kappa shape index (κ1) is 25.5. The van der Waals surface area contributed by atoms with Crippen LogP contribution >= 0.6 is 15.9 Å². The van der Waals surface area contributed by atoms with Crippen LogP contribution in [0, 0.1) is 6.92 Å². The van der Waals surface area contributed by atoms with E-state index in [1.807, 2.05) is 42.5 Å². The minimum Gasteiger partial charge on any atom is -0.493 e. The van der Waals surface area contributed by atoms with Crippen LogP contribution in [0.4, 0.5) is 0 Å². The monoisotopic (exact) mass is 576 g/mol. The summed E-state index contributed by atoms with van der Waals surface area (Å²) in [7, 11) is 3.17. The highest BCUT2D eigenvalue weighted by Gasteiger charge is 2.34. The second kappa shape index (κ2) is 11.1. The third kappa shape index (κ3) is 5.40. The van der Waals surface area contributed by atoms with Gasteiger partial charge in [0.2, 0.25) is 11.8 Å². The summed E-state index contributed by atoms with van der Waals surface area (Å²) < 4.78 is 23.1. The number of hydrazone groups is 1. The normalized spacial score (nSPS) is 14.8. The molecule has 1 aromatic heterocycles. The highest BCUT2D eigenvalue weighted by atomic mass is 79.9. The molecular formula is C28H25BrN4O5. The second-order valence-electron chi connectivity index (χ2n) is 8.57. The molecule has 9 nitrogen and oxygen atoms in total. The average Bonchev–Trinajstić information content (AvgIpc) is 3.59. The molecule has 4 aromatic rings. The minimum absolute atomic E-state index is 0.181. The summed E-state index contributed by atoms with van der Waals surface area (Å²) in [6, 6.07) is 20.3. The number of hydrogen-bond donors (Lipinski definition) is 0. The molecule has 1 aliphatic rings. The van der Waals surface area contributed by atoms with Gasteiger partial charge in [0.1, 0.15) is 5.75 Å². The Morgan fingerprint density at radius 2 is 1.68 bits per heavy atom. The first-order chi connectivity index (χ1) is 18.4. The van der Waals surface area contributed by atoms with Crippen molar-refractivity contribution in [3.05, 3.63) is 88.2 Å². The maximum Gasteiger partial charge on any atom is 0.281 e. The van der Waals surface area contributed by atoms with Gasteiger partial charge in [-0.25, -0.2) is 5.01 Å². The van der Waals surface area contributed by atoms with Crippen molar-refractivity contribution in [3.8, 4) is 28.7 Å². The van der Waals surface area contributed by atoms with Crippen LogP contribution in [0.5, 0.6) is 17.2 Å². The summed E-state index contributed by atoms with van der Waals surface area (Å²) in [5.41, 5.74) is 3.40. The number of aromatic nitrogens is 2. The molecule has 0 aliphatic carbocycles. The molecule has 3 aromatic carbocycles. The van der Waals surface area contributed by atoms with Crippen molar-refractivity contribution in [2.24, 2.45) is 5.10 Å². The molecule has 1 atom stereocenters. The van der Waals surface area contributed by atoms with Crippen LogP contribution in [0.1, 0.15) is 29.5 Å². The Morgan fingerprint density at radius 1 is 0.974 bits per heavy atom. The van der Waals surface area contributed by atoms with E-state index in [0.29, 0.717) is 35.5 Å². The Balaban J connectivity index is 1.36. The van der Waals surface area contributed by atoms with E-state index < -0.39 is 0 Å². The van der Waals surface area contributed by atoms with Crippen LogP contribution in [0.3, 0.4) is 0 Å². The molecule has 0 saturated heterocycles. The Bertz CT molecular complexity index is 1470. The standard InChI is InChI=1S/C28H25BrN4O5/c1-17-30-31-28(38-17)19-6-11-22(12-7-19)37-16-27(34)33-24(20-8-13-25(35-2)26(14-20)36-3)15-23(32-33)18-4-9-21(29)10-5-18/h4-14,24H,15-16H2,1-3H3. The van der Waals surface area contributed by atoms with E-state index in [1.165, 1.54) is 5.01 Å². The van der Waals surface area contributed by atoms with Crippen LogP contribution in [-0.4, -0.2) is 47.7 Å². The summed E-state index contributed by atoms with van der Waals surface area (Å²) in [6.07, 6.45) is 0.543. The third-order valence-electron chi connectivity index (χ3n) is 6.13. The number of amides is 1. The fraction of sp³-hybridized carbons (Fsp3) is 0.214. The van der Waals surface area contributed by atoms with E-state index in [1.54, 1.807) is 45.4 Å². The third-order valence-corrected chi connectivity index (χ3v) is 6.65. The number of benzene rings is 3. The van der Waals surface area contributed by atoms with E-state index in [4.69, 9.17) is 23.7 Å². The Kier molecular flexibility index (Phi) is 7.41. The topological polar surface area (TPSA) is 99.3 Å². The summed E-state index contributed by atoms with van der Waals surface area (Å²) in [6.45, 7) is 1.55. The quantitative estimate of drug-likeness (QED) is 0.270. The maximum atomic E-state index is 13.4. The molecular weight excluding hydrogens is 552 g/mol. The van der Waals surface area contributed by atoms with Crippen molar-refractivity contribution < 1.29 is 23.4 Å². The number of nitrogens with zero attached hydrogens (tertiary/aromatic N) is 4. The van der Waals surface area contributed by atoms with Crippen LogP contribution < -0.4 is 14.2 Å². The lowest BCUT2D eigenvalue weighted by Gasteiger charge is -2.23. The van der Waals surface area contributed by atoms with Crippen molar-refractivity contribution in [2.75, 3.05) is 20.8 Å². The number of ether oxygens (including phenoxy) is 3. The lowest BCUT2D eigenvalue weighted by molar-refractivity contribution is -0.135. The molecule has 194 valence electrons. The molecule has 2 heterocycles. The van der Waals surface area contributed by atoms with Gasteiger partial charge in [-0.05, 0) is 59.7 Å². The van der Waals surface area contributed by atoms with Gasteiger partial charge < -0.3 is 18.6 Å². The number of carbonyl (C=O) groups excluding carboxylic acids is 1. The summed E-state index contributed by atoms with van der Waals surface area (Å²) in [5.74, 6) is 2.38. The van der Waals surface area contributed by atoms with Crippen molar-refractivity contribution in [2.45, 2.75) is 19.4 Å². The minimum atomic E-state index is -0.326. The molecule has 10 heteroatoms. The smallest absolute Gasteiger partial charge is 0.281 e. The van der Waals surface area contributed by atoms with Gasteiger partial charge in [-0.3, -0.25) is 4.79 Å². The van der Waals surface area contributed by atoms with Crippen LogP contribution in [0.2, 0.25) is 0 Å². The van der Waals surface area contributed by atoms with Gasteiger partial charge in [0, 0.05) is 23.4 Å². The zero-order valence-electron chi connectivity index (χ0n) is 21.1. The largest absolute Gasteiger partial charge is 0.493 e. The Hall–Kier alpha value is -4.18. The van der Waals surface area contributed by atoms with Crippen molar-refractivity contribution in [3.63, 3.8) is 0 Å². The van der Waals surface area contributed by atoms with Gasteiger partial charge in [-0.1, -0.05) is 34.1 Å². The highest BCUT2D eigenvalue weighted by molar-refractivity contribution is 9.10. The van der Waals surface area contributed by atoms with Crippen LogP contribution in [0.25, 0.3) is 11.5 Å². The Labute approximate surface area is 228 Å². The van der Waals surface area contributed by atoms with Gasteiger partial charge in [0.25, 0.3) is 5.91 Å². The SMILES string of the molecule is COc1ccc(C2CC(c3ccc(Br)cc3)=NN2C(=O)COc2ccc(-c3nnc(C)o3)cc2)cc1OC. The molecule has 0 saturated carbocycles. The molecule has 1 amide bonds. The summed E-state index contributed by atoms with van der Waals surface area (Å²) in [5, 5.41) is 14.1. The van der Waals surface area contributed by atoms with Crippen LogP contribution in [0.15, 0.2) is 80.7 Å². The van der Waals surface area contributed by atoms with Gasteiger partial charge in [-0.2, -0.15) is 5.10 Å². The number of halogens is 1. The van der Waals surface area contributed by atoms with E-state index in [2.05, 4.69) is 26.1 Å². The van der Waals surface area contributed by atoms with E-state index in [0.717, 1.165) is 26.9 Å². The predicted molar refractivity (Wildman–Crippen MR) is 144 cm³/mol. The molecule has 1 unspecified atom stereocenters. The molecule has 0 spiro atoms. The predicted octanol–water partition coefficient (Wildman–Crippen LogP) is 5.58. The summed E-state index contributed by atoms with van der Waals surface area (Å²) in [4.78, 5) is 13.4. The van der Waals surface area contributed by atoms with Crippen molar-refractivity contribution in [1.29, 1.82) is 0 Å². The second-order valence-corrected chi connectivity index (χ2v) is 9.48. The number of methoxy groups -OCH3 is 2. The fourth-order valence-corrected chi connectivity index (χ4v) is 4.46. The Morgan fingerprint density at radius 3 is 2.34 bits per heavy atom. The molecule has 5 rings (SSSR count). The molecule has 0 N–H and O–H groups in total. The number of aryl methyl sites for hydroxylation is 1. The molecule has 38 heavy (non-hydrogen) atoms. The number of rotatable bonds is 8. The fourth-order valence-electron chi connectivity index (χ4n) is 4.19. The van der Waals surface area contributed by atoms with Crippen molar-refractivity contribution >= 4 is 27.5 Å². The zero-order valence-corrected chi connectivity index (χ0v) is 22.6. The highest BCUT2D eigenvalue weighted by Crippen LogP contribution is 2.37. The zero-order chi connectivity index (χ0) is 26.6. The maximum absolute atomic E-state index is 13.4. The lowest BCUT2D eigenvalue weighted by atomic mass is 9.98. The van der Waals surface area contributed by atoms with E-state index >= 15 is 0 Å². The first-order valence-electron chi connectivity index (χ1n) is 11.9. The molecule has 1 aliphatic heterocycles. The summed E-state index contributed by atoms with van der Waals surface area (Å²) >= 11 is 3.47. The number of carbonyl (C=O) groups is 1. The van der Waals surface area contributed by atoms with Crippen molar-refractivity contribution in [1.82, 2.24) is 15.2 Å². The molecule has 0 radical (unpaired) electrons. The lowest BCUT2D eigenvalue weighted by Crippen LogP contribution is -2.31. The van der Waals surface area contributed by atoms with Gasteiger partial charge in [0.15, 0.2) is 18.1 Å². The molecule has 0 bridgehead atoms. The van der Waals surface area contributed by atoms with E-state index in [9.17, 15) is 4.79 Å². The van der Waals surface area contributed by atoms with Gasteiger partial charge in [-0.15, -0.1) is 10.2 Å².